The molecule has 2 rings (SSSR count). The molecule has 1 aliphatic carbocycles. The van der Waals surface area contributed by atoms with Crippen molar-refractivity contribution in [2.75, 3.05) is 26.8 Å². The van der Waals surface area contributed by atoms with Gasteiger partial charge in [-0.25, -0.2) is 0 Å². The molecular weight excluding hydrogens is 413 g/mol. The first-order chi connectivity index (χ1) is 11.2. The highest BCUT2D eigenvalue weighted by molar-refractivity contribution is 14.0. The number of hydrogen-bond donors (Lipinski definition) is 2. The lowest BCUT2D eigenvalue weighted by Crippen LogP contribution is -2.46. The van der Waals surface area contributed by atoms with E-state index in [1.165, 1.54) is 37.7 Å². The predicted octanol–water partition coefficient (Wildman–Crippen LogP) is 4.11. The van der Waals surface area contributed by atoms with E-state index in [4.69, 9.17) is 4.74 Å². The van der Waals surface area contributed by atoms with Gasteiger partial charge in [0, 0.05) is 19.6 Å². The van der Waals surface area contributed by atoms with Crippen molar-refractivity contribution < 1.29 is 4.74 Å². The fraction of sp³-hybridized carbons (Fsp3) is 0.842. The Kier molecular flexibility index (Phi) is 11.0. The van der Waals surface area contributed by atoms with E-state index in [1.54, 1.807) is 0 Å². The minimum absolute atomic E-state index is 0. The number of guanidine groups is 1. The van der Waals surface area contributed by atoms with Crippen molar-refractivity contribution in [2.45, 2.75) is 64.8 Å². The zero-order chi connectivity index (χ0) is 16.5. The number of nitrogens with one attached hydrogen (secondary N) is 2. The number of hydrogen-bond acceptors (Lipinski definition) is 2. The van der Waals surface area contributed by atoms with Gasteiger partial charge in [0.2, 0.25) is 0 Å². The highest BCUT2D eigenvalue weighted by atomic mass is 127. The van der Waals surface area contributed by atoms with E-state index in [1.807, 2.05) is 7.05 Å². The molecule has 4 nitrogen and oxygen atoms in total. The fourth-order valence-electron chi connectivity index (χ4n) is 3.74. The summed E-state index contributed by atoms with van der Waals surface area (Å²) in [5.41, 5.74) is 1.50. The summed E-state index contributed by atoms with van der Waals surface area (Å²) >= 11 is 0. The SMILES string of the molecule is CN=C(NCCC1=CCOCC1)NC(C)C(C)C1CCCCC1.I. The summed E-state index contributed by atoms with van der Waals surface area (Å²) in [6.45, 7) is 7.28. The van der Waals surface area contributed by atoms with Gasteiger partial charge in [0.15, 0.2) is 5.96 Å². The molecule has 140 valence electrons. The fourth-order valence-corrected chi connectivity index (χ4v) is 3.74. The Hall–Kier alpha value is -0.300. The third kappa shape index (κ3) is 7.30. The summed E-state index contributed by atoms with van der Waals surface area (Å²) in [6.07, 6.45) is 11.4. The topological polar surface area (TPSA) is 45.7 Å². The van der Waals surface area contributed by atoms with Crippen LogP contribution in [0.25, 0.3) is 0 Å². The zero-order valence-electron chi connectivity index (χ0n) is 15.6. The Labute approximate surface area is 165 Å². The van der Waals surface area contributed by atoms with Crippen LogP contribution in [0.1, 0.15) is 58.8 Å². The number of rotatable bonds is 6. The highest BCUT2D eigenvalue weighted by Gasteiger charge is 2.24. The second-order valence-electron chi connectivity index (χ2n) is 7.13. The van der Waals surface area contributed by atoms with E-state index in [0.717, 1.165) is 44.5 Å². The van der Waals surface area contributed by atoms with Gasteiger partial charge in [0.05, 0.1) is 13.2 Å². The maximum Gasteiger partial charge on any atom is 0.191 e. The van der Waals surface area contributed by atoms with Gasteiger partial charge in [0.1, 0.15) is 0 Å². The summed E-state index contributed by atoms with van der Waals surface area (Å²) in [5.74, 6) is 2.51. The smallest absolute Gasteiger partial charge is 0.191 e. The van der Waals surface area contributed by atoms with Crippen molar-refractivity contribution in [2.24, 2.45) is 16.8 Å². The number of ether oxygens (including phenoxy) is 1. The molecule has 0 saturated heterocycles. The standard InChI is InChI=1S/C19H35N3O.HI/c1-15(18-7-5-4-6-8-18)16(2)22-19(20-3)21-12-9-17-10-13-23-14-11-17;/h10,15-16,18H,4-9,11-14H2,1-3H3,(H2,20,21,22);1H. The summed E-state index contributed by atoms with van der Waals surface area (Å²) in [5, 5.41) is 7.06. The molecule has 0 aromatic heterocycles. The van der Waals surface area contributed by atoms with Crippen LogP contribution in [0.4, 0.5) is 0 Å². The third-order valence-corrected chi connectivity index (χ3v) is 5.57. The molecule has 5 heteroatoms. The van der Waals surface area contributed by atoms with Gasteiger partial charge < -0.3 is 15.4 Å². The van der Waals surface area contributed by atoms with Crippen molar-refractivity contribution in [3.05, 3.63) is 11.6 Å². The van der Waals surface area contributed by atoms with Crippen LogP contribution in [0.2, 0.25) is 0 Å². The monoisotopic (exact) mass is 449 g/mol. The number of halogens is 1. The Morgan fingerprint density at radius 3 is 2.67 bits per heavy atom. The van der Waals surface area contributed by atoms with E-state index in [-0.39, 0.29) is 24.0 Å². The normalized spacial score (nSPS) is 22.1. The molecule has 0 aromatic carbocycles. The van der Waals surface area contributed by atoms with Gasteiger partial charge in [-0.05, 0) is 31.6 Å². The van der Waals surface area contributed by atoms with Crippen molar-refractivity contribution >= 4 is 29.9 Å². The van der Waals surface area contributed by atoms with Gasteiger partial charge in [0.25, 0.3) is 0 Å². The van der Waals surface area contributed by atoms with Crippen molar-refractivity contribution in [3.63, 3.8) is 0 Å². The van der Waals surface area contributed by atoms with Crippen molar-refractivity contribution in [1.82, 2.24) is 10.6 Å². The third-order valence-electron chi connectivity index (χ3n) is 5.57. The second kappa shape index (κ2) is 12.1. The molecule has 1 fully saturated rings. The Morgan fingerprint density at radius 2 is 2.04 bits per heavy atom. The maximum atomic E-state index is 5.35. The molecule has 0 radical (unpaired) electrons. The molecule has 0 aromatic rings. The summed E-state index contributed by atoms with van der Waals surface area (Å²) < 4.78 is 5.35. The van der Waals surface area contributed by atoms with Crippen LogP contribution in [0.5, 0.6) is 0 Å². The average molecular weight is 449 g/mol. The summed E-state index contributed by atoms with van der Waals surface area (Å²) in [6, 6.07) is 0.464. The zero-order valence-corrected chi connectivity index (χ0v) is 18.0. The first-order valence-corrected chi connectivity index (χ1v) is 9.43. The lowest BCUT2D eigenvalue weighted by atomic mass is 9.78. The van der Waals surface area contributed by atoms with Crippen molar-refractivity contribution in [3.8, 4) is 0 Å². The molecule has 0 amide bonds. The molecule has 24 heavy (non-hydrogen) atoms. The van der Waals surface area contributed by atoms with Crippen LogP contribution in [-0.2, 0) is 4.74 Å². The Balaban J connectivity index is 0.00000288. The van der Waals surface area contributed by atoms with Crippen LogP contribution >= 0.6 is 24.0 Å². The largest absolute Gasteiger partial charge is 0.377 e. The molecular formula is C19H36IN3O. The molecule has 0 bridgehead atoms. The number of aliphatic imine (C=N–C) groups is 1. The van der Waals surface area contributed by atoms with Gasteiger partial charge in [-0.1, -0.05) is 50.7 Å². The van der Waals surface area contributed by atoms with Gasteiger partial charge in [-0.15, -0.1) is 24.0 Å². The second-order valence-corrected chi connectivity index (χ2v) is 7.13. The molecule has 2 N–H and O–H groups in total. The predicted molar refractivity (Wildman–Crippen MR) is 113 cm³/mol. The molecule has 2 atom stereocenters. The Bertz CT molecular complexity index is 405. The lowest BCUT2D eigenvalue weighted by molar-refractivity contribution is 0.153. The molecule has 2 aliphatic rings. The quantitative estimate of drug-likeness (QED) is 0.278. The van der Waals surface area contributed by atoms with Crippen LogP contribution in [0.3, 0.4) is 0 Å². The molecule has 0 spiro atoms. The van der Waals surface area contributed by atoms with Crippen LogP contribution in [0.15, 0.2) is 16.6 Å². The van der Waals surface area contributed by atoms with E-state index < -0.39 is 0 Å². The Morgan fingerprint density at radius 1 is 1.29 bits per heavy atom. The van der Waals surface area contributed by atoms with Gasteiger partial charge in [-0.2, -0.15) is 0 Å². The van der Waals surface area contributed by atoms with E-state index in [0.29, 0.717) is 12.0 Å². The first kappa shape index (κ1) is 21.7. The molecule has 1 heterocycles. The van der Waals surface area contributed by atoms with Crippen LogP contribution in [-0.4, -0.2) is 38.8 Å². The minimum atomic E-state index is 0. The van der Waals surface area contributed by atoms with Crippen molar-refractivity contribution in [1.29, 1.82) is 0 Å². The minimum Gasteiger partial charge on any atom is -0.377 e. The molecule has 2 unspecified atom stereocenters. The number of nitrogens with zero attached hydrogens (tertiary/aromatic N) is 1. The van der Waals surface area contributed by atoms with Crippen LogP contribution < -0.4 is 10.6 Å². The van der Waals surface area contributed by atoms with E-state index in [2.05, 4.69) is 35.5 Å². The lowest BCUT2D eigenvalue weighted by Gasteiger charge is -2.33. The maximum absolute atomic E-state index is 5.35. The van der Waals surface area contributed by atoms with Gasteiger partial charge >= 0.3 is 0 Å². The summed E-state index contributed by atoms with van der Waals surface area (Å²) in [7, 11) is 1.86. The molecule has 1 saturated carbocycles. The summed E-state index contributed by atoms with van der Waals surface area (Å²) in [4.78, 5) is 4.39. The average Bonchev–Trinajstić information content (AvgIpc) is 2.61. The highest BCUT2D eigenvalue weighted by Crippen LogP contribution is 2.31. The molecule has 1 aliphatic heterocycles. The van der Waals surface area contributed by atoms with Crippen LogP contribution in [0, 0.1) is 11.8 Å². The van der Waals surface area contributed by atoms with Gasteiger partial charge in [-0.3, -0.25) is 4.99 Å². The van der Waals surface area contributed by atoms with E-state index in [9.17, 15) is 0 Å². The first-order valence-electron chi connectivity index (χ1n) is 9.43. The van der Waals surface area contributed by atoms with E-state index >= 15 is 0 Å².